The summed E-state index contributed by atoms with van der Waals surface area (Å²) in [5, 5.41) is 7.20. The number of piperidine rings is 1. The SMILES string of the molecule is COCCCN1CCC(NC(=NCCc2ccco2)NCCSc2ccccc2)CC1.I. The molecule has 8 heteroatoms. The first-order chi connectivity index (χ1) is 15.3. The van der Waals surface area contributed by atoms with Gasteiger partial charge in [0, 0.05) is 69.6 Å². The molecule has 0 amide bonds. The van der Waals surface area contributed by atoms with E-state index in [2.05, 4.69) is 45.9 Å². The topological polar surface area (TPSA) is 62.0 Å². The zero-order chi connectivity index (χ0) is 21.6. The van der Waals surface area contributed by atoms with Crippen LogP contribution in [0.4, 0.5) is 0 Å². The van der Waals surface area contributed by atoms with Crippen molar-refractivity contribution >= 4 is 41.7 Å². The standard InChI is InChI=1S/C24H36N4O2S.HI/c1-29-18-6-15-28-16-11-21(12-17-28)27-24(25-13-10-22-7-5-19-30-22)26-14-20-31-23-8-3-2-4-9-23;/h2-5,7-9,19,21H,6,10-18,20H2,1H3,(H2,25,26,27);1H. The minimum atomic E-state index is 0. The summed E-state index contributed by atoms with van der Waals surface area (Å²) in [5.41, 5.74) is 0. The molecule has 0 unspecified atom stereocenters. The normalized spacial score (nSPS) is 15.3. The number of ether oxygens (including phenoxy) is 1. The molecule has 1 saturated heterocycles. The van der Waals surface area contributed by atoms with E-state index in [1.165, 1.54) is 4.90 Å². The molecule has 0 aliphatic carbocycles. The fourth-order valence-corrected chi connectivity index (χ4v) is 4.46. The summed E-state index contributed by atoms with van der Waals surface area (Å²) >= 11 is 1.86. The maximum atomic E-state index is 5.44. The number of likely N-dealkylation sites (tertiary alicyclic amines) is 1. The summed E-state index contributed by atoms with van der Waals surface area (Å²) < 4.78 is 10.6. The number of nitrogens with zero attached hydrogens (tertiary/aromatic N) is 2. The average Bonchev–Trinajstić information content (AvgIpc) is 3.32. The average molecular weight is 573 g/mol. The van der Waals surface area contributed by atoms with E-state index in [4.69, 9.17) is 14.1 Å². The molecule has 0 radical (unpaired) electrons. The lowest BCUT2D eigenvalue weighted by atomic mass is 10.1. The Balaban J connectivity index is 0.00000363. The van der Waals surface area contributed by atoms with E-state index in [0.29, 0.717) is 12.6 Å². The Kier molecular flexibility index (Phi) is 13.8. The second-order valence-corrected chi connectivity index (χ2v) is 8.92. The highest BCUT2D eigenvalue weighted by Gasteiger charge is 2.19. The molecule has 0 spiro atoms. The molecule has 0 saturated carbocycles. The third-order valence-electron chi connectivity index (χ3n) is 5.37. The van der Waals surface area contributed by atoms with Crippen molar-refractivity contribution in [2.24, 2.45) is 4.99 Å². The van der Waals surface area contributed by atoms with Gasteiger partial charge in [0.05, 0.1) is 6.26 Å². The van der Waals surface area contributed by atoms with Gasteiger partial charge in [0.15, 0.2) is 5.96 Å². The Morgan fingerprint density at radius 2 is 2.00 bits per heavy atom. The fraction of sp³-hybridized carbons (Fsp3) is 0.542. The van der Waals surface area contributed by atoms with E-state index in [1.54, 1.807) is 13.4 Å². The van der Waals surface area contributed by atoms with Crippen molar-refractivity contribution in [2.45, 2.75) is 36.6 Å². The molecule has 2 heterocycles. The molecule has 32 heavy (non-hydrogen) atoms. The maximum absolute atomic E-state index is 5.44. The molecule has 3 rings (SSSR count). The Morgan fingerprint density at radius 3 is 2.72 bits per heavy atom. The molecule has 1 aromatic carbocycles. The van der Waals surface area contributed by atoms with E-state index >= 15 is 0 Å². The number of benzene rings is 1. The van der Waals surface area contributed by atoms with E-state index in [0.717, 1.165) is 75.9 Å². The summed E-state index contributed by atoms with van der Waals surface area (Å²) in [6, 6.07) is 14.9. The van der Waals surface area contributed by atoms with Gasteiger partial charge in [-0.1, -0.05) is 18.2 Å². The van der Waals surface area contributed by atoms with Gasteiger partial charge in [-0.2, -0.15) is 0 Å². The monoisotopic (exact) mass is 572 g/mol. The van der Waals surface area contributed by atoms with Crippen molar-refractivity contribution in [1.82, 2.24) is 15.5 Å². The minimum Gasteiger partial charge on any atom is -0.469 e. The first kappa shape index (κ1) is 27.0. The molecule has 2 aromatic rings. The highest BCUT2D eigenvalue weighted by molar-refractivity contribution is 14.0. The number of aliphatic imine (C=N–C) groups is 1. The third-order valence-corrected chi connectivity index (χ3v) is 6.38. The van der Waals surface area contributed by atoms with Crippen LogP contribution in [0.5, 0.6) is 0 Å². The number of hydrogen-bond acceptors (Lipinski definition) is 5. The van der Waals surface area contributed by atoms with Crippen molar-refractivity contribution < 1.29 is 9.15 Å². The summed E-state index contributed by atoms with van der Waals surface area (Å²) in [4.78, 5) is 8.65. The smallest absolute Gasteiger partial charge is 0.191 e. The van der Waals surface area contributed by atoms with Gasteiger partial charge in [-0.05, 0) is 43.5 Å². The minimum absolute atomic E-state index is 0. The first-order valence-corrected chi connectivity index (χ1v) is 12.3. The van der Waals surface area contributed by atoms with Crippen molar-refractivity contribution in [2.75, 3.05) is 52.2 Å². The molecular formula is C24H37IN4O2S. The van der Waals surface area contributed by atoms with Crippen molar-refractivity contribution in [1.29, 1.82) is 0 Å². The van der Waals surface area contributed by atoms with Crippen LogP contribution in [-0.2, 0) is 11.2 Å². The molecule has 1 aliphatic heterocycles. The summed E-state index contributed by atoms with van der Waals surface area (Å²) in [5.74, 6) is 2.89. The van der Waals surface area contributed by atoms with E-state index in [-0.39, 0.29) is 24.0 Å². The molecule has 1 fully saturated rings. The Bertz CT molecular complexity index is 738. The van der Waals surface area contributed by atoms with Crippen LogP contribution < -0.4 is 10.6 Å². The second-order valence-electron chi connectivity index (χ2n) is 7.75. The van der Waals surface area contributed by atoms with Gasteiger partial charge >= 0.3 is 0 Å². The highest BCUT2D eigenvalue weighted by Crippen LogP contribution is 2.16. The van der Waals surface area contributed by atoms with E-state index < -0.39 is 0 Å². The largest absolute Gasteiger partial charge is 0.469 e. The molecule has 1 aromatic heterocycles. The highest BCUT2D eigenvalue weighted by atomic mass is 127. The second kappa shape index (κ2) is 16.4. The van der Waals surface area contributed by atoms with Crippen LogP contribution in [0.1, 0.15) is 25.0 Å². The van der Waals surface area contributed by atoms with Gasteiger partial charge in [-0.3, -0.25) is 4.99 Å². The van der Waals surface area contributed by atoms with Crippen molar-refractivity contribution in [3.63, 3.8) is 0 Å². The number of halogens is 1. The van der Waals surface area contributed by atoms with Gasteiger partial charge in [-0.15, -0.1) is 35.7 Å². The van der Waals surface area contributed by atoms with Gasteiger partial charge in [-0.25, -0.2) is 0 Å². The number of guanidine groups is 1. The van der Waals surface area contributed by atoms with Crippen molar-refractivity contribution in [3.05, 3.63) is 54.5 Å². The summed E-state index contributed by atoms with van der Waals surface area (Å²) in [7, 11) is 1.77. The Morgan fingerprint density at radius 1 is 1.19 bits per heavy atom. The lowest BCUT2D eigenvalue weighted by Crippen LogP contribution is -2.49. The maximum Gasteiger partial charge on any atom is 0.191 e. The van der Waals surface area contributed by atoms with Crippen molar-refractivity contribution in [3.8, 4) is 0 Å². The quantitative estimate of drug-likeness (QED) is 0.130. The first-order valence-electron chi connectivity index (χ1n) is 11.3. The lowest BCUT2D eigenvalue weighted by Gasteiger charge is -2.33. The number of methoxy groups -OCH3 is 1. The van der Waals surface area contributed by atoms with E-state index in [9.17, 15) is 0 Å². The number of thioether (sulfide) groups is 1. The van der Waals surface area contributed by atoms with Gasteiger partial charge in [0.2, 0.25) is 0 Å². The van der Waals surface area contributed by atoms with Crippen LogP contribution >= 0.6 is 35.7 Å². The number of furan rings is 1. The van der Waals surface area contributed by atoms with Gasteiger partial charge in [0.1, 0.15) is 5.76 Å². The molecule has 2 N–H and O–H groups in total. The van der Waals surface area contributed by atoms with Gasteiger partial charge < -0.3 is 24.7 Å². The Labute approximate surface area is 214 Å². The molecule has 178 valence electrons. The Hall–Kier alpha value is -1.23. The number of nitrogens with one attached hydrogen (secondary N) is 2. The number of hydrogen-bond donors (Lipinski definition) is 2. The predicted molar refractivity (Wildman–Crippen MR) is 144 cm³/mol. The molecule has 0 bridgehead atoms. The van der Waals surface area contributed by atoms with Crippen LogP contribution in [0.3, 0.4) is 0 Å². The van der Waals surface area contributed by atoms with E-state index in [1.807, 2.05) is 23.9 Å². The summed E-state index contributed by atoms with van der Waals surface area (Å²) in [6.07, 6.45) is 5.93. The zero-order valence-corrected chi connectivity index (χ0v) is 22.1. The molecule has 1 aliphatic rings. The van der Waals surface area contributed by atoms with Crippen LogP contribution in [0.2, 0.25) is 0 Å². The van der Waals surface area contributed by atoms with Crippen LogP contribution in [-0.4, -0.2) is 69.1 Å². The lowest BCUT2D eigenvalue weighted by molar-refractivity contribution is 0.155. The molecule has 6 nitrogen and oxygen atoms in total. The predicted octanol–water partition coefficient (Wildman–Crippen LogP) is 4.27. The molecular weight excluding hydrogens is 535 g/mol. The number of rotatable bonds is 12. The van der Waals surface area contributed by atoms with Gasteiger partial charge in [0.25, 0.3) is 0 Å². The van der Waals surface area contributed by atoms with Crippen LogP contribution in [0.25, 0.3) is 0 Å². The summed E-state index contributed by atoms with van der Waals surface area (Å²) in [6.45, 7) is 5.82. The third kappa shape index (κ3) is 10.6. The zero-order valence-electron chi connectivity index (χ0n) is 19.0. The fourth-order valence-electron chi connectivity index (χ4n) is 3.67. The van der Waals surface area contributed by atoms with Crippen LogP contribution in [0, 0.1) is 0 Å². The van der Waals surface area contributed by atoms with Crippen LogP contribution in [0.15, 0.2) is 63.0 Å². The molecule has 0 atom stereocenters.